The second-order valence-corrected chi connectivity index (χ2v) is 6.04. The highest BCUT2D eigenvalue weighted by molar-refractivity contribution is 5.11. The van der Waals surface area contributed by atoms with Crippen molar-refractivity contribution in [2.24, 2.45) is 5.41 Å². The van der Waals surface area contributed by atoms with E-state index < -0.39 is 0 Å². The Bertz CT molecular complexity index is 398. The maximum atomic E-state index is 5.95. The Balaban J connectivity index is 1.65. The van der Waals surface area contributed by atoms with Crippen molar-refractivity contribution in [1.82, 2.24) is 15.3 Å². The number of nitrogens with zero attached hydrogens (tertiary/aromatic N) is 1. The van der Waals surface area contributed by atoms with Gasteiger partial charge in [-0.25, -0.2) is 4.98 Å². The summed E-state index contributed by atoms with van der Waals surface area (Å²) < 4.78 is 5.95. The molecular weight excluding hydrogens is 238 g/mol. The zero-order valence-electron chi connectivity index (χ0n) is 12.0. The molecule has 4 heteroatoms. The van der Waals surface area contributed by atoms with Crippen molar-refractivity contribution >= 4 is 0 Å². The molecule has 2 N–H and O–H groups in total. The molecule has 1 aromatic rings. The first kappa shape index (κ1) is 13.1. The fraction of sp³-hybridized carbons (Fsp3) is 0.800. The molecule has 0 amide bonds. The number of nitrogens with one attached hydrogen (secondary N) is 2. The lowest BCUT2D eigenvalue weighted by Gasteiger charge is -2.55. The predicted octanol–water partition coefficient (Wildman–Crippen LogP) is 2.80. The molecule has 106 valence electrons. The second-order valence-electron chi connectivity index (χ2n) is 6.04. The average molecular weight is 263 g/mol. The van der Waals surface area contributed by atoms with E-state index in [4.69, 9.17) is 4.74 Å². The number of H-pyrrole nitrogens is 1. The molecule has 3 unspecified atom stereocenters. The number of hydrogen-bond acceptors (Lipinski definition) is 3. The van der Waals surface area contributed by atoms with Crippen LogP contribution in [0.3, 0.4) is 0 Å². The first-order chi connectivity index (χ1) is 9.26. The zero-order chi connectivity index (χ0) is 13.3. The molecule has 1 aromatic heterocycles. The van der Waals surface area contributed by atoms with Crippen LogP contribution in [-0.2, 0) is 4.74 Å². The standard InChI is InChI=1S/C15H25N3O/c1-3-19-13-10-12(15(13)6-4-5-7-15)18-11(2)14-16-8-9-17-14/h8-9,11-13,18H,3-7,10H2,1-2H3,(H,16,17). The van der Waals surface area contributed by atoms with E-state index in [1.54, 1.807) is 0 Å². The fourth-order valence-electron chi connectivity index (χ4n) is 4.02. The molecule has 1 heterocycles. The molecule has 0 aliphatic heterocycles. The normalized spacial score (nSPS) is 30.4. The van der Waals surface area contributed by atoms with Gasteiger partial charge < -0.3 is 15.0 Å². The molecule has 0 radical (unpaired) electrons. The van der Waals surface area contributed by atoms with Gasteiger partial charge in [0.05, 0.1) is 12.1 Å². The van der Waals surface area contributed by atoms with Crippen LogP contribution in [0.4, 0.5) is 0 Å². The smallest absolute Gasteiger partial charge is 0.122 e. The number of rotatable bonds is 5. The van der Waals surface area contributed by atoms with E-state index in [9.17, 15) is 0 Å². The third kappa shape index (κ3) is 2.21. The highest BCUT2D eigenvalue weighted by Crippen LogP contribution is 2.55. The average Bonchev–Trinajstić information content (AvgIpc) is 3.09. The minimum absolute atomic E-state index is 0.292. The highest BCUT2D eigenvalue weighted by Gasteiger charge is 2.56. The molecule has 2 saturated carbocycles. The molecule has 0 saturated heterocycles. The second kappa shape index (κ2) is 5.25. The van der Waals surface area contributed by atoms with Crippen LogP contribution in [0.2, 0.25) is 0 Å². The summed E-state index contributed by atoms with van der Waals surface area (Å²) in [4.78, 5) is 7.55. The van der Waals surface area contributed by atoms with Crippen molar-refractivity contribution in [2.45, 2.75) is 64.1 Å². The lowest BCUT2D eigenvalue weighted by molar-refractivity contribution is -0.132. The fourth-order valence-corrected chi connectivity index (χ4v) is 4.02. The van der Waals surface area contributed by atoms with Crippen LogP contribution >= 0.6 is 0 Å². The van der Waals surface area contributed by atoms with E-state index in [-0.39, 0.29) is 0 Å². The Morgan fingerprint density at radius 3 is 2.95 bits per heavy atom. The molecule has 2 fully saturated rings. The van der Waals surface area contributed by atoms with Gasteiger partial charge in [0.25, 0.3) is 0 Å². The van der Waals surface area contributed by atoms with Crippen molar-refractivity contribution < 1.29 is 4.74 Å². The number of aromatic amines is 1. The van der Waals surface area contributed by atoms with Crippen LogP contribution in [0.5, 0.6) is 0 Å². The molecule has 0 bridgehead atoms. The quantitative estimate of drug-likeness (QED) is 0.859. The summed E-state index contributed by atoms with van der Waals surface area (Å²) in [5, 5.41) is 3.77. The molecule has 0 aromatic carbocycles. The minimum atomic E-state index is 0.292. The molecule has 1 spiro atoms. The van der Waals surface area contributed by atoms with Gasteiger partial charge in [-0.3, -0.25) is 0 Å². The minimum Gasteiger partial charge on any atom is -0.378 e. The first-order valence-electron chi connectivity index (χ1n) is 7.63. The summed E-state index contributed by atoms with van der Waals surface area (Å²) in [6, 6.07) is 0.881. The van der Waals surface area contributed by atoms with Gasteiger partial charge >= 0.3 is 0 Å². The van der Waals surface area contributed by atoms with Gasteiger partial charge in [0.1, 0.15) is 5.82 Å². The number of imidazole rings is 1. The van der Waals surface area contributed by atoms with Crippen LogP contribution < -0.4 is 5.32 Å². The molecule has 2 aliphatic carbocycles. The lowest BCUT2D eigenvalue weighted by atomic mass is 9.60. The van der Waals surface area contributed by atoms with E-state index in [0.717, 1.165) is 18.9 Å². The Morgan fingerprint density at radius 1 is 1.53 bits per heavy atom. The summed E-state index contributed by atoms with van der Waals surface area (Å²) in [6.07, 6.45) is 10.7. The summed E-state index contributed by atoms with van der Waals surface area (Å²) in [5.74, 6) is 1.04. The molecule has 3 rings (SSSR count). The maximum Gasteiger partial charge on any atom is 0.122 e. The monoisotopic (exact) mass is 263 g/mol. The van der Waals surface area contributed by atoms with E-state index in [0.29, 0.717) is 23.6 Å². The first-order valence-corrected chi connectivity index (χ1v) is 7.63. The Kier molecular flexibility index (Phi) is 3.63. The van der Waals surface area contributed by atoms with E-state index in [1.807, 2.05) is 12.4 Å². The van der Waals surface area contributed by atoms with Crippen LogP contribution in [0.1, 0.15) is 57.8 Å². The summed E-state index contributed by atoms with van der Waals surface area (Å²) in [5.41, 5.74) is 0.400. The topological polar surface area (TPSA) is 49.9 Å². The molecule has 2 aliphatic rings. The van der Waals surface area contributed by atoms with E-state index >= 15 is 0 Å². The van der Waals surface area contributed by atoms with E-state index in [1.165, 1.54) is 25.7 Å². The molecule has 19 heavy (non-hydrogen) atoms. The van der Waals surface area contributed by atoms with Crippen molar-refractivity contribution in [2.75, 3.05) is 6.61 Å². The molecular formula is C15H25N3O. The SMILES string of the molecule is CCOC1CC(NC(C)c2ncc[nH]2)C12CCCC2. The highest BCUT2D eigenvalue weighted by atomic mass is 16.5. The summed E-state index contributed by atoms with van der Waals surface area (Å²) in [6.45, 7) is 5.14. The number of hydrogen-bond donors (Lipinski definition) is 2. The Labute approximate surface area is 115 Å². The van der Waals surface area contributed by atoms with Gasteiger partial charge in [-0.05, 0) is 33.1 Å². The lowest BCUT2D eigenvalue weighted by Crippen LogP contribution is -2.63. The summed E-state index contributed by atoms with van der Waals surface area (Å²) >= 11 is 0. The van der Waals surface area contributed by atoms with Crippen LogP contribution in [-0.4, -0.2) is 28.7 Å². The van der Waals surface area contributed by atoms with Crippen molar-refractivity contribution in [3.63, 3.8) is 0 Å². The predicted molar refractivity (Wildman–Crippen MR) is 74.9 cm³/mol. The van der Waals surface area contributed by atoms with Gasteiger partial charge in [-0.1, -0.05) is 12.8 Å². The van der Waals surface area contributed by atoms with Crippen molar-refractivity contribution in [1.29, 1.82) is 0 Å². The summed E-state index contributed by atoms with van der Waals surface area (Å²) in [7, 11) is 0. The van der Waals surface area contributed by atoms with Crippen LogP contribution in [0.25, 0.3) is 0 Å². The van der Waals surface area contributed by atoms with Gasteiger partial charge in [-0.15, -0.1) is 0 Å². The van der Waals surface area contributed by atoms with Crippen LogP contribution in [0, 0.1) is 5.41 Å². The zero-order valence-corrected chi connectivity index (χ0v) is 12.0. The van der Waals surface area contributed by atoms with Gasteiger partial charge in [0.2, 0.25) is 0 Å². The van der Waals surface area contributed by atoms with Gasteiger partial charge in [0.15, 0.2) is 0 Å². The molecule has 3 atom stereocenters. The Hall–Kier alpha value is -0.870. The largest absolute Gasteiger partial charge is 0.378 e. The third-order valence-electron chi connectivity index (χ3n) is 5.07. The van der Waals surface area contributed by atoms with Crippen LogP contribution in [0.15, 0.2) is 12.4 Å². The van der Waals surface area contributed by atoms with Crippen molar-refractivity contribution in [3.05, 3.63) is 18.2 Å². The van der Waals surface area contributed by atoms with Crippen molar-refractivity contribution in [3.8, 4) is 0 Å². The Morgan fingerprint density at radius 2 is 2.32 bits per heavy atom. The van der Waals surface area contributed by atoms with E-state index in [2.05, 4.69) is 29.1 Å². The van der Waals surface area contributed by atoms with Gasteiger partial charge in [-0.2, -0.15) is 0 Å². The third-order valence-corrected chi connectivity index (χ3v) is 5.07. The number of ether oxygens (including phenoxy) is 1. The molecule has 4 nitrogen and oxygen atoms in total. The maximum absolute atomic E-state index is 5.95. The van der Waals surface area contributed by atoms with Gasteiger partial charge in [0, 0.05) is 30.5 Å². The number of aromatic nitrogens is 2.